The van der Waals surface area contributed by atoms with Crippen molar-refractivity contribution in [3.05, 3.63) is 70.2 Å². The van der Waals surface area contributed by atoms with Crippen molar-refractivity contribution in [2.24, 2.45) is 5.92 Å². The Kier molecular flexibility index (Phi) is 6.22. The van der Waals surface area contributed by atoms with Gasteiger partial charge >= 0.3 is 0 Å². The number of amides is 1. The van der Waals surface area contributed by atoms with Gasteiger partial charge in [-0.05, 0) is 43.9 Å². The summed E-state index contributed by atoms with van der Waals surface area (Å²) in [5.74, 6) is 0.877. The topological polar surface area (TPSA) is 89.5 Å². The Morgan fingerprint density at radius 2 is 1.91 bits per heavy atom. The van der Waals surface area contributed by atoms with Crippen LogP contribution >= 0.6 is 0 Å². The van der Waals surface area contributed by atoms with Crippen LogP contribution in [0, 0.1) is 12.8 Å². The fraction of sp³-hybridized carbons (Fsp3) is 0.346. The van der Waals surface area contributed by atoms with E-state index in [1.165, 1.54) is 0 Å². The van der Waals surface area contributed by atoms with Crippen molar-refractivity contribution in [2.75, 3.05) is 19.5 Å². The number of nitrogens with zero attached hydrogens (tertiary/aromatic N) is 1. The number of ketones is 1. The van der Waals surface area contributed by atoms with Crippen LogP contribution in [-0.4, -0.2) is 30.9 Å². The summed E-state index contributed by atoms with van der Waals surface area (Å²) in [5, 5.41) is 6.26. The number of allylic oxidation sites excluding steroid dienone is 3. The second-order valence-electron chi connectivity index (χ2n) is 8.68. The van der Waals surface area contributed by atoms with E-state index in [4.69, 9.17) is 9.47 Å². The summed E-state index contributed by atoms with van der Waals surface area (Å²) in [7, 11) is 3.13. The third-order valence-electron chi connectivity index (χ3n) is 6.17. The molecule has 2 N–H and O–H groups in total. The number of carbonyl (C=O) groups excluding carboxylic acids is 2. The minimum absolute atomic E-state index is 0.0392. The van der Waals surface area contributed by atoms with E-state index < -0.39 is 5.92 Å². The number of methoxy groups -OCH3 is 2. The van der Waals surface area contributed by atoms with Gasteiger partial charge in [0.2, 0.25) is 0 Å². The van der Waals surface area contributed by atoms with Gasteiger partial charge in [0.1, 0.15) is 5.82 Å². The molecule has 2 aromatic rings. The van der Waals surface area contributed by atoms with Crippen LogP contribution < -0.4 is 20.1 Å². The van der Waals surface area contributed by atoms with E-state index in [-0.39, 0.29) is 17.6 Å². The molecule has 1 aliphatic heterocycles. The normalized spacial score (nSPS) is 20.2. The number of nitrogens with one attached hydrogen (secondary N) is 2. The molecule has 0 saturated carbocycles. The zero-order chi connectivity index (χ0) is 23.7. The number of hydrogen-bond donors (Lipinski definition) is 2. The lowest BCUT2D eigenvalue weighted by Gasteiger charge is -2.36. The molecule has 1 amide bonds. The smallest absolute Gasteiger partial charge is 0.255 e. The second-order valence-corrected chi connectivity index (χ2v) is 8.68. The first-order valence-electron chi connectivity index (χ1n) is 11.0. The van der Waals surface area contributed by atoms with Gasteiger partial charge in [0, 0.05) is 40.7 Å². The number of aromatic nitrogens is 1. The van der Waals surface area contributed by atoms with Crippen molar-refractivity contribution < 1.29 is 19.1 Å². The van der Waals surface area contributed by atoms with Crippen LogP contribution in [-0.2, 0) is 9.59 Å². The largest absolute Gasteiger partial charge is 0.493 e. The number of dihydropyridines is 1. The molecule has 7 nitrogen and oxygen atoms in total. The number of pyridine rings is 1. The highest BCUT2D eigenvalue weighted by Gasteiger charge is 2.41. The number of rotatable bonds is 5. The fourth-order valence-electron chi connectivity index (χ4n) is 4.71. The molecule has 33 heavy (non-hydrogen) atoms. The van der Waals surface area contributed by atoms with Crippen molar-refractivity contribution in [2.45, 2.75) is 39.5 Å². The molecule has 2 atom stereocenters. The molecule has 2 aliphatic rings. The summed E-state index contributed by atoms with van der Waals surface area (Å²) in [6.45, 7) is 5.87. The number of carbonyl (C=O) groups is 2. The number of Topliss-reactive ketones (excluding diaryl/α,β-unsaturated/α-hetero) is 1. The Morgan fingerprint density at radius 3 is 2.58 bits per heavy atom. The molecule has 0 fully saturated rings. The maximum atomic E-state index is 13.6. The van der Waals surface area contributed by atoms with Crippen LogP contribution in [0.25, 0.3) is 0 Å². The molecule has 172 valence electrons. The first-order chi connectivity index (χ1) is 15.8. The van der Waals surface area contributed by atoms with Crippen LogP contribution in [0.15, 0.2) is 59.1 Å². The summed E-state index contributed by atoms with van der Waals surface area (Å²) in [6.07, 6.45) is 2.89. The number of para-hydroxylation sites is 1. The van der Waals surface area contributed by atoms with Gasteiger partial charge in [0.05, 0.1) is 20.1 Å². The second kappa shape index (κ2) is 9.10. The summed E-state index contributed by atoms with van der Waals surface area (Å²) in [4.78, 5) is 31.2. The summed E-state index contributed by atoms with van der Waals surface area (Å²) >= 11 is 0. The van der Waals surface area contributed by atoms with E-state index >= 15 is 0 Å². The first kappa shape index (κ1) is 22.6. The highest BCUT2D eigenvalue weighted by Crippen LogP contribution is 2.48. The lowest BCUT2D eigenvalue weighted by atomic mass is 9.72. The molecule has 7 heteroatoms. The molecule has 0 unspecified atom stereocenters. The number of aryl methyl sites for hydroxylation is 1. The van der Waals surface area contributed by atoms with Crippen molar-refractivity contribution in [1.29, 1.82) is 0 Å². The Hall–Kier alpha value is -3.61. The SMILES string of the molecule is COc1cccc([C@H]2C(C(=O)Nc3ccc(C)cn3)=C(C)NC3=C2C(=O)C[C@@H](C)C3)c1OC. The van der Waals surface area contributed by atoms with Gasteiger partial charge in [-0.1, -0.05) is 25.1 Å². The minimum Gasteiger partial charge on any atom is -0.493 e. The average molecular weight is 448 g/mol. The van der Waals surface area contributed by atoms with Gasteiger partial charge < -0.3 is 20.1 Å². The van der Waals surface area contributed by atoms with Crippen molar-refractivity contribution in [3.63, 3.8) is 0 Å². The van der Waals surface area contributed by atoms with Gasteiger partial charge in [-0.25, -0.2) is 4.98 Å². The van der Waals surface area contributed by atoms with Crippen LogP contribution in [0.2, 0.25) is 0 Å². The molecule has 1 aromatic carbocycles. The van der Waals surface area contributed by atoms with Crippen molar-refractivity contribution >= 4 is 17.5 Å². The molecule has 0 spiro atoms. The summed E-state index contributed by atoms with van der Waals surface area (Å²) < 4.78 is 11.2. The third-order valence-corrected chi connectivity index (χ3v) is 6.17. The van der Waals surface area contributed by atoms with Crippen molar-refractivity contribution in [1.82, 2.24) is 10.3 Å². The highest BCUT2D eigenvalue weighted by molar-refractivity contribution is 6.09. The maximum absolute atomic E-state index is 13.6. The zero-order valence-electron chi connectivity index (χ0n) is 19.6. The van der Waals surface area contributed by atoms with Crippen LogP contribution in [0.4, 0.5) is 5.82 Å². The molecule has 1 aromatic heterocycles. The molecular formula is C26H29N3O4. The van der Waals surface area contributed by atoms with Crippen LogP contribution in [0.3, 0.4) is 0 Å². The number of benzene rings is 1. The molecule has 4 rings (SSSR count). The molecular weight excluding hydrogens is 418 g/mol. The lowest BCUT2D eigenvalue weighted by molar-refractivity contribution is -0.117. The van der Waals surface area contributed by atoms with Gasteiger partial charge in [-0.15, -0.1) is 0 Å². The molecule has 1 aliphatic carbocycles. The number of ether oxygens (including phenoxy) is 2. The highest BCUT2D eigenvalue weighted by atomic mass is 16.5. The first-order valence-corrected chi connectivity index (χ1v) is 11.0. The average Bonchev–Trinajstić information content (AvgIpc) is 2.78. The van der Waals surface area contributed by atoms with Crippen molar-refractivity contribution in [3.8, 4) is 11.5 Å². The molecule has 2 heterocycles. The fourth-order valence-corrected chi connectivity index (χ4v) is 4.71. The van der Waals surface area contributed by atoms with E-state index in [1.54, 1.807) is 32.5 Å². The van der Waals surface area contributed by atoms with Crippen LogP contribution in [0.5, 0.6) is 11.5 Å². The lowest BCUT2D eigenvalue weighted by Crippen LogP contribution is -2.37. The Labute approximate surface area is 193 Å². The molecule has 0 radical (unpaired) electrons. The number of anilines is 1. The summed E-state index contributed by atoms with van der Waals surface area (Å²) in [6, 6.07) is 9.19. The maximum Gasteiger partial charge on any atom is 0.255 e. The monoisotopic (exact) mass is 447 g/mol. The zero-order valence-corrected chi connectivity index (χ0v) is 19.6. The van der Waals surface area contributed by atoms with E-state index in [0.29, 0.717) is 40.6 Å². The molecule has 0 saturated heterocycles. The Balaban J connectivity index is 1.86. The Morgan fingerprint density at radius 1 is 1.12 bits per heavy atom. The number of hydrogen-bond acceptors (Lipinski definition) is 6. The van der Waals surface area contributed by atoms with E-state index in [9.17, 15) is 9.59 Å². The third kappa shape index (κ3) is 4.23. The minimum atomic E-state index is -0.586. The van der Waals surface area contributed by atoms with Gasteiger partial charge in [-0.2, -0.15) is 0 Å². The van der Waals surface area contributed by atoms with Gasteiger partial charge in [-0.3, -0.25) is 9.59 Å². The molecule has 0 bridgehead atoms. The van der Waals surface area contributed by atoms with Crippen LogP contribution in [0.1, 0.15) is 43.7 Å². The van der Waals surface area contributed by atoms with Gasteiger partial charge in [0.25, 0.3) is 5.91 Å². The van der Waals surface area contributed by atoms with E-state index in [1.807, 2.05) is 32.0 Å². The van der Waals surface area contributed by atoms with Gasteiger partial charge in [0.15, 0.2) is 17.3 Å². The van der Waals surface area contributed by atoms with E-state index in [0.717, 1.165) is 23.2 Å². The van der Waals surface area contributed by atoms with E-state index in [2.05, 4.69) is 22.5 Å². The quantitative estimate of drug-likeness (QED) is 0.712. The summed E-state index contributed by atoms with van der Waals surface area (Å²) in [5.41, 5.74) is 4.37. The predicted octanol–water partition coefficient (Wildman–Crippen LogP) is 4.26. The predicted molar refractivity (Wildman–Crippen MR) is 126 cm³/mol. The standard InChI is InChI=1S/C26H29N3O4/c1-14-9-10-21(27-13-14)29-26(31)22-16(3)28-18-11-15(2)12-19(30)24(18)23(22)17-7-6-8-20(32-4)25(17)33-5/h6-10,13,15,23,28H,11-12H2,1-5H3,(H,27,29,31)/t15-,23-/m0/s1. The Bertz CT molecular complexity index is 1160.